The van der Waals surface area contributed by atoms with Gasteiger partial charge in [0.25, 0.3) is 0 Å². The van der Waals surface area contributed by atoms with Crippen molar-refractivity contribution in [3.8, 4) is 5.75 Å². The molecule has 0 radical (unpaired) electrons. The zero-order valence-electron chi connectivity index (χ0n) is 14.7. The second-order valence-electron chi connectivity index (χ2n) is 5.82. The summed E-state index contributed by atoms with van der Waals surface area (Å²) in [5.41, 5.74) is 1.88. The number of aryl methyl sites for hydroxylation is 1. The van der Waals surface area contributed by atoms with Gasteiger partial charge in [-0.25, -0.2) is 0 Å². The molecule has 0 unspecified atom stereocenters. The first-order chi connectivity index (χ1) is 12.2. The van der Waals surface area contributed by atoms with Crippen LogP contribution in [0.4, 0.5) is 0 Å². The summed E-state index contributed by atoms with van der Waals surface area (Å²) < 4.78 is 5.35. The number of benzene rings is 2. The summed E-state index contributed by atoms with van der Waals surface area (Å²) in [6.45, 7) is 3.14. The van der Waals surface area contributed by atoms with E-state index in [2.05, 4.69) is 17.4 Å². The third-order valence-corrected chi connectivity index (χ3v) is 3.87. The fourth-order valence-corrected chi connectivity index (χ4v) is 2.53. The van der Waals surface area contributed by atoms with Crippen molar-refractivity contribution in [2.75, 3.05) is 13.2 Å². The van der Waals surface area contributed by atoms with E-state index in [0.717, 1.165) is 18.6 Å². The summed E-state index contributed by atoms with van der Waals surface area (Å²) in [6.07, 6.45) is 2.27. The molecule has 0 atom stereocenters. The Morgan fingerprint density at radius 1 is 0.960 bits per heavy atom. The van der Waals surface area contributed by atoms with Gasteiger partial charge < -0.3 is 10.1 Å². The Kier molecular flexibility index (Phi) is 7.70. The summed E-state index contributed by atoms with van der Waals surface area (Å²) in [6, 6.07) is 17.2. The molecule has 0 heterocycles. The molecule has 2 aromatic rings. The van der Waals surface area contributed by atoms with Crippen LogP contribution in [0.3, 0.4) is 0 Å². The fourth-order valence-electron chi connectivity index (χ4n) is 2.53. The molecular weight excluding hydrogens is 314 g/mol. The van der Waals surface area contributed by atoms with Crippen molar-refractivity contribution in [1.82, 2.24) is 5.32 Å². The number of rotatable bonds is 10. The maximum atomic E-state index is 12.1. The van der Waals surface area contributed by atoms with Gasteiger partial charge in [0.15, 0.2) is 5.78 Å². The van der Waals surface area contributed by atoms with Crippen molar-refractivity contribution in [3.05, 3.63) is 65.7 Å². The van der Waals surface area contributed by atoms with Gasteiger partial charge in [-0.05, 0) is 49.6 Å². The van der Waals surface area contributed by atoms with E-state index in [9.17, 15) is 9.59 Å². The number of hydrogen-bond acceptors (Lipinski definition) is 3. The van der Waals surface area contributed by atoms with Crippen LogP contribution in [0.2, 0.25) is 0 Å². The van der Waals surface area contributed by atoms with Crippen LogP contribution >= 0.6 is 0 Å². The van der Waals surface area contributed by atoms with Gasteiger partial charge in [-0.3, -0.25) is 9.59 Å². The minimum absolute atomic E-state index is 0.0255. The van der Waals surface area contributed by atoms with Crippen molar-refractivity contribution >= 4 is 11.7 Å². The number of ketones is 1. The highest BCUT2D eigenvalue weighted by Crippen LogP contribution is 2.14. The van der Waals surface area contributed by atoms with Gasteiger partial charge in [-0.2, -0.15) is 0 Å². The fraction of sp³-hybridized carbons (Fsp3) is 0.333. The largest absolute Gasteiger partial charge is 0.494 e. The predicted octanol–water partition coefficient (Wildman–Crippen LogP) is 3.80. The quantitative estimate of drug-likeness (QED) is 0.529. The van der Waals surface area contributed by atoms with E-state index in [0.29, 0.717) is 18.7 Å². The molecule has 1 N–H and O–H groups in total. The summed E-state index contributed by atoms with van der Waals surface area (Å²) in [7, 11) is 0. The number of Topliss-reactive ketones (excluding diaryl/α,β-unsaturated/α-hetero) is 1. The molecule has 1 amide bonds. The monoisotopic (exact) mass is 339 g/mol. The van der Waals surface area contributed by atoms with Crippen LogP contribution in [0.15, 0.2) is 54.6 Å². The zero-order valence-corrected chi connectivity index (χ0v) is 14.7. The minimum atomic E-state index is -0.0765. The molecule has 2 rings (SSSR count). The molecule has 4 heteroatoms. The van der Waals surface area contributed by atoms with Crippen molar-refractivity contribution in [2.24, 2.45) is 0 Å². The van der Waals surface area contributed by atoms with E-state index >= 15 is 0 Å². The second kappa shape index (κ2) is 10.3. The van der Waals surface area contributed by atoms with Crippen LogP contribution in [0.1, 0.15) is 42.1 Å². The Labute approximate surface area is 149 Å². The Bertz CT molecular complexity index is 665. The second-order valence-corrected chi connectivity index (χ2v) is 5.82. The molecule has 4 nitrogen and oxygen atoms in total. The van der Waals surface area contributed by atoms with Crippen molar-refractivity contribution in [3.63, 3.8) is 0 Å². The first-order valence-corrected chi connectivity index (χ1v) is 8.75. The summed E-state index contributed by atoms with van der Waals surface area (Å²) in [4.78, 5) is 24.0. The third-order valence-electron chi connectivity index (χ3n) is 3.87. The molecule has 0 saturated heterocycles. The Morgan fingerprint density at radius 3 is 2.36 bits per heavy atom. The van der Waals surface area contributed by atoms with Gasteiger partial charge in [0, 0.05) is 24.9 Å². The van der Waals surface area contributed by atoms with Crippen molar-refractivity contribution < 1.29 is 14.3 Å². The Morgan fingerprint density at radius 2 is 1.68 bits per heavy atom. The van der Waals surface area contributed by atoms with Crippen molar-refractivity contribution in [2.45, 2.75) is 32.6 Å². The average molecular weight is 339 g/mol. The van der Waals surface area contributed by atoms with E-state index in [1.807, 2.05) is 25.1 Å². The van der Waals surface area contributed by atoms with E-state index in [1.165, 1.54) is 5.56 Å². The van der Waals surface area contributed by atoms with Gasteiger partial charge in [-0.15, -0.1) is 0 Å². The van der Waals surface area contributed by atoms with Gasteiger partial charge in [0.2, 0.25) is 5.91 Å². The molecular formula is C21H25NO3. The molecule has 25 heavy (non-hydrogen) atoms. The Balaban J connectivity index is 1.64. The molecule has 0 bridgehead atoms. The van der Waals surface area contributed by atoms with E-state index in [-0.39, 0.29) is 24.5 Å². The molecule has 132 valence electrons. The number of amides is 1. The predicted molar refractivity (Wildman–Crippen MR) is 98.9 cm³/mol. The standard InChI is InChI=1S/C21H25NO3/c1-2-25-19-12-10-18(11-13-19)20(23)14-15-21(24)22-16-6-9-17-7-4-3-5-8-17/h3-5,7-8,10-13H,2,6,9,14-16H2,1H3,(H,22,24). The highest BCUT2D eigenvalue weighted by atomic mass is 16.5. The number of carbonyl (C=O) groups is 2. The summed E-state index contributed by atoms with van der Waals surface area (Å²) >= 11 is 0. The third kappa shape index (κ3) is 6.79. The smallest absolute Gasteiger partial charge is 0.220 e. The van der Waals surface area contributed by atoms with Crippen LogP contribution < -0.4 is 10.1 Å². The van der Waals surface area contributed by atoms with E-state index in [4.69, 9.17) is 4.74 Å². The lowest BCUT2D eigenvalue weighted by atomic mass is 10.1. The van der Waals surface area contributed by atoms with Gasteiger partial charge in [0.05, 0.1) is 6.61 Å². The summed E-state index contributed by atoms with van der Waals surface area (Å²) in [5, 5.41) is 2.87. The maximum absolute atomic E-state index is 12.1. The highest BCUT2D eigenvalue weighted by Gasteiger charge is 2.09. The normalized spacial score (nSPS) is 10.3. The van der Waals surface area contributed by atoms with Crippen LogP contribution in [0.25, 0.3) is 0 Å². The van der Waals surface area contributed by atoms with Crippen LogP contribution in [-0.4, -0.2) is 24.8 Å². The number of carbonyl (C=O) groups excluding carboxylic acids is 2. The molecule has 0 aliphatic rings. The SMILES string of the molecule is CCOc1ccc(C(=O)CCC(=O)NCCCc2ccccc2)cc1. The molecule has 0 spiro atoms. The highest BCUT2D eigenvalue weighted by molar-refractivity contribution is 5.98. The van der Waals surface area contributed by atoms with Crippen LogP contribution in [-0.2, 0) is 11.2 Å². The molecule has 0 saturated carbocycles. The van der Waals surface area contributed by atoms with Gasteiger partial charge in [0.1, 0.15) is 5.75 Å². The first-order valence-electron chi connectivity index (χ1n) is 8.75. The minimum Gasteiger partial charge on any atom is -0.494 e. The topological polar surface area (TPSA) is 55.4 Å². The lowest BCUT2D eigenvalue weighted by Gasteiger charge is -2.06. The first kappa shape index (κ1) is 18.7. The molecule has 0 aliphatic carbocycles. The van der Waals surface area contributed by atoms with Crippen LogP contribution in [0, 0.1) is 0 Å². The number of ether oxygens (including phenoxy) is 1. The number of hydrogen-bond donors (Lipinski definition) is 1. The molecule has 2 aromatic carbocycles. The van der Waals surface area contributed by atoms with Gasteiger partial charge in [-0.1, -0.05) is 30.3 Å². The summed E-state index contributed by atoms with van der Waals surface area (Å²) in [5.74, 6) is 0.644. The Hall–Kier alpha value is -2.62. The van der Waals surface area contributed by atoms with E-state index in [1.54, 1.807) is 24.3 Å². The lowest BCUT2D eigenvalue weighted by molar-refractivity contribution is -0.121. The van der Waals surface area contributed by atoms with Crippen molar-refractivity contribution in [1.29, 1.82) is 0 Å². The maximum Gasteiger partial charge on any atom is 0.220 e. The molecule has 0 aromatic heterocycles. The molecule has 0 fully saturated rings. The lowest BCUT2D eigenvalue weighted by Crippen LogP contribution is -2.25. The zero-order chi connectivity index (χ0) is 17.9. The van der Waals surface area contributed by atoms with E-state index < -0.39 is 0 Å². The number of nitrogens with one attached hydrogen (secondary N) is 1. The molecule has 0 aliphatic heterocycles. The van der Waals surface area contributed by atoms with Crippen LogP contribution in [0.5, 0.6) is 5.75 Å². The van der Waals surface area contributed by atoms with Gasteiger partial charge >= 0.3 is 0 Å². The average Bonchev–Trinajstić information content (AvgIpc) is 2.65.